The molecule has 0 radical (unpaired) electrons. The summed E-state index contributed by atoms with van der Waals surface area (Å²) in [7, 11) is 0. The van der Waals surface area contributed by atoms with Gasteiger partial charge in [0.25, 0.3) is 0 Å². The Labute approximate surface area is 295 Å². The molecule has 0 nitrogen and oxygen atoms in total. The maximum atomic E-state index is 10.0. The zero-order chi connectivity index (χ0) is 53.4. The monoisotopic (exact) mass is 584 g/mol. The summed E-state index contributed by atoms with van der Waals surface area (Å²) in [6.07, 6.45) is 0. The molecule has 0 aliphatic carbocycles. The number of fused-ring (bicyclic) bond motifs is 6. The first-order chi connectivity index (χ1) is 33.5. The molecule has 0 N–H and O–H groups in total. The molecule has 0 fully saturated rings. The predicted molar refractivity (Wildman–Crippen MR) is 190 cm³/mol. The molecule has 0 saturated heterocycles. The average Bonchev–Trinajstić information content (AvgIpc) is 3.34. The van der Waals surface area contributed by atoms with Crippen LogP contribution in [0.25, 0.3) is 87.2 Å². The summed E-state index contributed by atoms with van der Waals surface area (Å²) in [5, 5.41) is -6.76. The highest BCUT2D eigenvalue weighted by Gasteiger charge is 2.18. The summed E-state index contributed by atoms with van der Waals surface area (Å²) < 4.78 is 252. The molecule has 0 atom stereocenters. The molecule has 0 amide bonds. The van der Waals surface area contributed by atoms with Crippen molar-refractivity contribution in [3.63, 3.8) is 0 Å². The van der Waals surface area contributed by atoms with Crippen molar-refractivity contribution in [3.05, 3.63) is 169 Å². The van der Waals surface area contributed by atoms with Crippen molar-refractivity contribution >= 4 is 53.9 Å². The van der Waals surface area contributed by atoms with E-state index in [-0.39, 0.29) is 0 Å². The van der Waals surface area contributed by atoms with Crippen molar-refractivity contribution in [2.75, 3.05) is 0 Å². The summed E-state index contributed by atoms with van der Waals surface area (Å²) in [5.74, 6) is 0. The van der Waals surface area contributed by atoms with Crippen LogP contribution in [0, 0.1) is 0 Å². The second kappa shape index (κ2) is 9.93. The number of hydrogen-bond donors (Lipinski definition) is 0. The molecule has 0 heterocycles. The number of benzene rings is 9. The fourth-order valence-electron chi connectivity index (χ4n) is 5.16. The van der Waals surface area contributed by atoms with Gasteiger partial charge in [0, 0.05) is 0 Å². The third-order valence-corrected chi connectivity index (χ3v) is 7.06. The molecular formula is C44H28. The summed E-state index contributed by atoms with van der Waals surface area (Å²) in [5.41, 5.74) is -5.02. The molecule has 9 aromatic rings. The quantitative estimate of drug-likeness (QED) is 0.143. The molecule has 0 bridgehead atoms. The van der Waals surface area contributed by atoms with Crippen LogP contribution in [-0.2, 0) is 0 Å². The van der Waals surface area contributed by atoms with Crippen LogP contribution >= 0.6 is 0 Å². The van der Waals surface area contributed by atoms with Crippen LogP contribution in [0.5, 0.6) is 0 Å². The van der Waals surface area contributed by atoms with Crippen molar-refractivity contribution < 1.29 is 38.4 Å². The SMILES string of the molecule is [2H]c1c([2H])c([2H])c(-c2c3c([2H])c([2H])c([2H])c([2H])c3c(-c3c([2H])c([2H])c4c(c3[2H])c([2H])c([2H])c3c([2H])c([2H])c([2H])c([2H])c34)c3c([2H])c([2H])c(-c4c([2H])c([2H])c5c([2H])c([2H])c([2H])c([2H])c5c4[2H])c([2H])c23)c([2H])c1[2H]. The minimum atomic E-state index is -1.11. The fourth-order valence-corrected chi connectivity index (χ4v) is 5.16. The van der Waals surface area contributed by atoms with Crippen LogP contribution in [0.1, 0.15) is 38.4 Å². The largest absolute Gasteiger partial charge is 0.0636 e. The van der Waals surface area contributed by atoms with E-state index >= 15 is 0 Å². The van der Waals surface area contributed by atoms with Crippen molar-refractivity contribution in [3.8, 4) is 33.4 Å². The first-order valence-corrected chi connectivity index (χ1v) is 13.0. The Kier molecular flexibility index (Phi) is 2.18. The van der Waals surface area contributed by atoms with Crippen molar-refractivity contribution in [2.24, 2.45) is 0 Å². The van der Waals surface area contributed by atoms with Gasteiger partial charge < -0.3 is 0 Å². The molecule has 9 rings (SSSR count). The predicted octanol–water partition coefficient (Wildman–Crippen LogP) is 12.5. The molecule has 44 heavy (non-hydrogen) atoms. The molecule has 204 valence electrons. The fraction of sp³-hybridized carbons (Fsp3) is 0. The third kappa shape index (κ3) is 3.92. The molecule has 0 spiro atoms. The standard InChI is InChI=1S/C44H28/c1-2-12-31(13-3-1)43-39-16-8-9-17-40(39)44(36-23-24-38-35(27-36)21-19-30-11-6-7-15-37(30)38)41-25-22-34(28-42(41)43)33-20-18-29-10-4-5-14-32(29)26-33/h1-28H/i1D,2D,3D,4D,5D,6D,7D,8D,9D,10D,11D,12D,13D,14D,15D,16D,17D,18D,19D,20D,21D,22D,23D,24D,25D,26D,27D,28D. The Bertz CT molecular complexity index is 4090. The normalized spacial score (nSPS) is 20.5. The van der Waals surface area contributed by atoms with Gasteiger partial charge in [0.05, 0.1) is 38.4 Å². The summed E-state index contributed by atoms with van der Waals surface area (Å²) in [6, 6.07) is -26.5. The lowest BCUT2D eigenvalue weighted by Crippen LogP contribution is -1.92. The summed E-state index contributed by atoms with van der Waals surface area (Å²) in [4.78, 5) is 0. The van der Waals surface area contributed by atoms with Gasteiger partial charge in [-0.05, 0) is 105 Å². The van der Waals surface area contributed by atoms with Gasteiger partial charge in [0.15, 0.2) is 0 Å². The molecular weight excluding hydrogens is 528 g/mol. The second-order valence-corrected chi connectivity index (χ2v) is 9.50. The Morgan fingerprint density at radius 1 is 0.250 bits per heavy atom. The van der Waals surface area contributed by atoms with E-state index < -0.39 is 256 Å². The Morgan fingerprint density at radius 2 is 0.727 bits per heavy atom. The maximum absolute atomic E-state index is 10.0. The Morgan fingerprint density at radius 3 is 1.55 bits per heavy atom. The van der Waals surface area contributed by atoms with Crippen LogP contribution in [0.4, 0.5) is 0 Å². The highest BCUT2D eigenvalue weighted by molar-refractivity contribution is 6.22. The van der Waals surface area contributed by atoms with Crippen LogP contribution < -0.4 is 0 Å². The van der Waals surface area contributed by atoms with Gasteiger partial charge in [-0.2, -0.15) is 0 Å². The van der Waals surface area contributed by atoms with E-state index in [1.165, 1.54) is 0 Å². The molecule has 0 saturated carbocycles. The van der Waals surface area contributed by atoms with E-state index in [1.807, 2.05) is 0 Å². The number of hydrogen-bond acceptors (Lipinski definition) is 0. The van der Waals surface area contributed by atoms with E-state index in [2.05, 4.69) is 0 Å². The molecule has 0 aliphatic rings. The Hall–Kier alpha value is -5.72. The maximum Gasteiger partial charge on any atom is 0.0636 e. The van der Waals surface area contributed by atoms with E-state index in [0.717, 1.165) is 0 Å². The highest BCUT2D eigenvalue weighted by Crippen LogP contribution is 2.45. The molecule has 0 aromatic heterocycles. The van der Waals surface area contributed by atoms with E-state index in [0.29, 0.717) is 0 Å². The minimum Gasteiger partial charge on any atom is -0.0622 e. The zero-order valence-electron chi connectivity index (χ0n) is 50.0. The summed E-state index contributed by atoms with van der Waals surface area (Å²) in [6.45, 7) is 0. The third-order valence-electron chi connectivity index (χ3n) is 7.06. The van der Waals surface area contributed by atoms with E-state index in [4.69, 9.17) is 26.0 Å². The van der Waals surface area contributed by atoms with Gasteiger partial charge in [-0.25, -0.2) is 0 Å². The summed E-state index contributed by atoms with van der Waals surface area (Å²) >= 11 is 0. The van der Waals surface area contributed by atoms with Crippen molar-refractivity contribution in [2.45, 2.75) is 0 Å². The van der Waals surface area contributed by atoms with E-state index in [9.17, 15) is 12.3 Å². The second-order valence-electron chi connectivity index (χ2n) is 9.50. The van der Waals surface area contributed by atoms with Gasteiger partial charge in [-0.15, -0.1) is 0 Å². The van der Waals surface area contributed by atoms with Crippen molar-refractivity contribution in [1.29, 1.82) is 0 Å². The number of rotatable bonds is 3. The van der Waals surface area contributed by atoms with Gasteiger partial charge in [0.1, 0.15) is 0 Å². The van der Waals surface area contributed by atoms with Gasteiger partial charge >= 0.3 is 0 Å². The van der Waals surface area contributed by atoms with Gasteiger partial charge in [-0.1, -0.05) is 151 Å². The van der Waals surface area contributed by atoms with Crippen LogP contribution in [0.15, 0.2) is 169 Å². The molecule has 0 aliphatic heterocycles. The lowest BCUT2D eigenvalue weighted by atomic mass is 9.84. The smallest absolute Gasteiger partial charge is 0.0622 e. The van der Waals surface area contributed by atoms with Gasteiger partial charge in [-0.3, -0.25) is 0 Å². The first-order valence-electron chi connectivity index (χ1n) is 27.0. The first kappa shape index (κ1) is 9.64. The lowest BCUT2D eigenvalue weighted by molar-refractivity contribution is 1.65. The zero-order valence-corrected chi connectivity index (χ0v) is 22.0. The minimum absolute atomic E-state index is 0.525. The molecule has 9 aromatic carbocycles. The van der Waals surface area contributed by atoms with Crippen LogP contribution in [-0.4, -0.2) is 0 Å². The van der Waals surface area contributed by atoms with Crippen molar-refractivity contribution in [1.82, 2.24) is 0 Å². The average molecular weight is 585 g/mol. The Balaban J connectivity index is 1.67. The highest BCUT2D eigenvalue weighted by atomic mass is 14.2. The van der Waals surface area contributed by atoms with Gasteiger partial charge in [0.2, 0.25) is 0 Å². The van der Waals surface area contributed by atoms with E-state index in [1.54, 1.807) is 0 Å². The molecule has 0 heteroatoms. The van der Waals surface area contributed by atoms with Crippen LogP contribution in [0.2, 0.25) is 0 Å². The van der Waals surface area contributed by atoms with Crippen LogP contribution in [0.3, 0.4) is 0 Å². The topological polar surface area (TPSA) is 0 Å². The lowest BCUT2D eigenvalue weighted by Gasteiger charge is -2.19. The molecule has 0 unspecified atom stereocenters.